The van der Waals surface area contributed by atoms with Crippen molar-refractivity contribution in [1.82, 2.24) is 9.21 Å². The maximum absolute atomic E-state index is 13.4. The van der Waals surface area contributed by atoms with Gasteiger partial charge in [0.15, 0.2) is 0 Å². The highest BCUT2D eigenvalue weighted by atomic mass is 79.9. The van der Waals surface area contributed by atoms with Gasteiger partial charge in [0.2, 0.25) is 10.0 Å². The number of rotatable bonds is 13. The van der Waals surface area contributed by atoms with Crippen LogP contribution in [0, 0.1) is 17.0 Å². The first kappa shape index (κ1) is 27.7. The molecule has 0 aliphatic carbocycles. The van der Waals surface area contributed by atoms with Crippen LogP contribution in [0.25, 0.3) is 0 Å². The second-order valence-electron chi connectivity index (χ2n) is 7.20. The van der Waals surface area contributed by atoms with Gasteiger partial charge >= 0.3 is 0 Å². The highest BCUT2D eigenvalue weighted by Crippen LogP contribution is 2.35. The summed E-state index contributed by atoms with van der Waals surface area (Å²) in [5.41, 5.74) is 0.319. The molecule has 0 aliphatic rings. The van der Waals surface area contributed by atoms with E-state index in [0.29, 0.717) is 24.0 Å². The lowest BCUT2D eigenvalue weighted by molar-refractivity contribution is -0.385. The molecule has 178 valence electrons. The number of nitro groups is 1. The van der Waals surface area contributed by atoms with Crippen LogP contribution in [-0.2, 0) is 24.3 Å². The molecule has 11 nitrogen and oxygen atoms in total. The standard InChI is InChI=1S/C17H29BrN4O7S2/c1-14-12-15(22(23)24)13-16(31(27,28)20(4)9-8-19(2)3)17(14)21(7-6-18)10-11-29-30(5,25)26/h12-13H,6-11H2,1-5H3. The minimum Gasteiger partial charge on any atom is -0.367 e. The minimum absolute atomic E-state index is 0.0707. The van der Waals surface area contributed by atoms with Crippen LogP contribution in [0.5, 0.6) is 0 Å². The molecule has 0 aliphatic heterocycles. The predicted molar refractivity (Wildman–Crippen MR) is 123 cm³/mol. The molecule has 0 unspecified atom stereocenters. The van der Waals surface area contributed by atoms with Crippen LogP contribution < -0.4 is 4.90 Å². The summed E-state index contributed by atoms with van der Waals surface area (Å²) < 4.78 is 55.3. The zero-order chi connectivity index (χ0) is 24.0. The van der Waals surface area contributed by atoms with Crippen LogP contribution in [0.1, 0.15) is 5.56 Å². The average Bonchev–Trinajstić information content (AvgIpc) is 2.63. The van der Waals surface area contributed by atoms with Crippen molar-refractivity contribution in [2.75, 3.05) is 70.4 Å². The van der Waals surface area contributed by atoms with Crippen molar-refractivity contribution in [3.63, 3.8) is 0 Å². The van der Waals surface area contributed by atoms with Gasteiger partial charge in [-0.3, -0.25) is 14.3 Å². The van der Waals surface area contributed by atoms with E-state index < -0.39 is 25.1 Å². The van der Waals surface area contributed by atoms with Crippen molar-refractivity contribution in [1.29, 1.82) is 0 Å². The number of alkyl halides is 1. The van der Waals surface area contributed by atoms with E-state index in [1.807, 2.05) is 19.0 Å². The third kappa shape index (κ3) is 8.27. The van der Waals surface area contributed by atoms with Crippen molar-refractivity contribution in [3.05, 3.63) is 27.8 Å². The Morgan fingerprint density at radius 3 is 2.16 bits per heavy atom. The van der Waals surface area contributed by atoms with Gasteiger partial charge in [0.25, 0.3) is 15.8 Å². The molecule has 1 aromatic rings. The molecule has 0 heterocycles. The van der Waals surface area contributed by atoms with E-state index in [9.17, 15) is 26.9 Å². The van der Waals surface area contributed by atoms with Gasteiger partial charge in [0.1, 0.15) is 4.90 Å². The third-order valence-electron chi connectivity index (χ3n) is 4.34. The topological polar surface area (TPSA) is 130 Å². The first-order valence-corrected chi connectivity index (χ1v) is 13.6. The fraction of sp³-hybridized carbons (Fsp3) is 0.647. The van der Waals surface area contributed by atoms with Crippen LogP contribution in [0.3, 0.4) is 0 Å². The second kappa shape index (κ2) is 11.5. The molecule has 0 saturated carbocycles. The Balaban J connectivity index is 3.54. The van der Waals surface area contributed by atoms with Gasteiger partial charge < -0.3 is 9.80 Å². The summed E-state index contributed by atoms with van der Waals surface area (Å²) in [5, 5.41) is 11.8. The van der Waals surface area contributed by atoms with Gasteiger partial charge in [0, 0.05) is 50.7 Å². The average molecular weight is 545 g/mol. The molecular formula is C17H29BrN4O7S2. The number of benzene rings is 1. The van der Waals surface area contributed by atoms with Gasteiger partial charge in [0.05, 0.1) is 23.5 Å². The molecule has 0 atom stereocenters. The van der Waals surface area contributed by atoms with E-state index >= 15 is 0 Å². The number of non-ortho nitro benzene ring substituents is 1. The van der Waals surface area contributed by atoms with Gasteiger partial charge in [-0.2, -0.15) is 12.7 Å². The predicted octanol–water partition coefficient (Wildman–Crippen LogP) is 1.26. The SMILES string of the molecule is Cc1cc([N+](=O)[O-])cc(S(=O)(=O)N(C)CCN(C)C)c1N(CCBr)CCOS(C)(=O)=O. The lowest BCUT2D eigenvalue weighted by atomic mass is 10.1. The molecule has 31 heavy (non-hydrogen) atoms. The normalized spacial score (nSPS) is 12.5. The summed E-state index contributed by atoms with van der Waals surface area (Å²) in [6.07, 6.45) is 0.925. The molecule has 0 amide bonds. The highest BCUT2D eigenvalue weighted by Gasteiger charge is 2.30. The third-order valence-corrected chi connectivity index (χ3v) is 7.16. The number of aryl methyl sites for hydroxylation is 1. The van der Waals surface area contributed by atoms with E-state index in [1.165, 1.54) is 13.1 Å². The van der Waals surface area contributed by atoms with Crippen molar-refractivity contribution in [3.8, 4) is 0 Å². The Labute approximate surface area is 192 Å². The number of sulfonamides is 1. The maximum Gasteiger partial charge on any atom is 0.271 e. The van der Waals surface area contributed by atoms with Gasteiger partial charge in [-0.05, 0) is 26.6 Å². The molecule has 0 aromatic heterocycles. The summed E-state index contributed by atoms with van der Waals surface area (Å²) >= 11 is 3.31. The van der Waals surface area contributed by atoms with E-state index in [0.717, 1.165) is 16.6 Å². The van der Waals surface area contributed by atoms with Crippen molar-refractivity contribution >= 4 is 47.4 Å². The van der Waals surface area contributed by atoms with E-state index in [4.69, 9.17) is 4.18 Å². The fourth-order valence-corrected chi connectivity index (χ4v) is 5.07. The summed E-state index contributed by atoms with van der Waals surface area (Å²) in [7, 11) is -2.71. The molecule has 1 rings (SSSR count). The highest BCUT2D eigenvalue weighted by molar-refractivity contribution is 9.09. The quantitative estimate of drug-likeness (QED) is 0.156. The van der Waals surface area contributed by atoms with Gasteiger partial charge in [-0.25, -0.2) is 8.42 Å². The number of anilines is 1. The van der Waals surface area contributed by atoms with Crippen LogP contribution >= 0.6 is 15.9 Å². The van der Waals surface area contributed by atoms with Crippen molar-refractivity contribution < 1.29 is 25.9 Å². The second-order valence-corrected chi connectivity index (χ2v) is 11.6. The number of nitro benzene ring substituents is 1. The molecule has 0 fully saturated rings. The number of likely N-dealkylation sites (N-methyl/N-ethyl adjacent to an activating group) is 2. The summed E-state index contributed by atoms with van der Waals surface area (Å²) in [4.78, 5) is 14.0. The van der Waals surface area contributed by atoms with Gasteiger partial charge in [-0.1, -0.05) is 15.9 Å². The molecule has 0 spiro atoms. The monoisotopic (exact) mass is 544 g/mol. The summed E-state index contributed by atoms with van der Waals surface area (Å²) in [6, 6.07) is 2.34. The Morgan fingerprint density at radius 2 is 1.68 bits per heavy atom. The number of nitrogens with zero attached hydrogens (tertiary/aromatic N) is 4. The molecule has 0 saturated heterocycles. The number of hydrogen-bond donors (Lipinski definition) is 0. The molecule has 14 heteroatoms. The van der Waals surface area contributed by atoms with Crippen LogP contribution in [0.15, 0.2) is 17.0 Å². The molecule has 1 aromatic carbocycles. The minimum atomic E-state index is -4.07. The molecule has 0 bridgehead atoms. The summed E-state index contributed by atoms with van der Waals surface area (Å²) in [5.74, 6) is 0. The zero-order valence-electron chi connectivity index (χ0n) is 18.2. The van der Waals surface area contributed by atoms with Crippen LogP contribution in [0.2, 0.25) is 0 Å². The maximum atomic E-state index is 13.4. The fourth-order valence-electron chi connectivity index (χ4n) is 2.80. The van der Waals surface area contributed by atoms with Crippen molar-refractivity contribution in [2.24, 2.45) is 0 Å². The molecular weight excluding hydrogens is 516 g/mol. The molecule has 0 N–H and O–H groups in total. The largest absolute Gasteiger partial charge is 0.367 e. The first-order chi connectivity index (χ1) is 14.2. The lowest BCUT2D eigenvalue weighted by Gasteiger charge is -2.29. The Morgan fingerprint density at radius 1 is 1.06 bits per heavy atom. The van der Waals surface area contributed by atoms with E-state index in [-0.39, 0.29) is 36.0 Å². The Bertz CT molecular complexity index is 984. The van der Waals surface area contributed by atoms with E-state index in [1.54, 1.807) is 11.8 Å². The number of hydrogen-bond acceptors (Lipinski definition) is 9. The molecule has 0 radical (unpaired) electrons. The summed E-state index contributed by atoms with van der Waals surface area (Å²) in [6.45, 7) is 2.44. The van der Waals surface area contributed by atoms with Crippen LogP contribution in [-0.4, -0.2) is 96.5 Å². The van der Waals surface area contributed by atoms with Crippen LogP contribution in [0.4, 0.5) is 11.4 Å². The van der Waals surface area contributed by atoms with Gasteiger partial charge in [-0.15, -0.1) is 0 Å². The number of halogens is 1. The smallest absolute Gasteiger partial charge is 0.271 e. The lowest BCUT2D eigenvalue weighted by Crippen LogP contribution is -2.36. The zero-order valence-corrected chi connectivity index (χ0v) is 21.5. The Kier molecular flexibility index (Phi) is 10.3. The van der Waals surface area contributed by atoms with Crippen molar-refractivity contribution in [2.45, 2.75) is 11.8 Å². The first-order valence-electron chi connectivity index (χ1n) is 9.26. The Hall–Kier alpha value is -1.32. The van der Waals surface area contributed by atoms with E-state index in [2.05, 4.69) is 15.9 Å².